The van der Waals surface area contributed by atoms with Gasteiger partial charge in [0.15, 0.2) is 0 Å². The van der Waals surface area contributed by atoms with Crippen LogP contribution in [0.2, 0.25) is 0 Å². The summed E-state index contributed by atoms with van der Waals surface area (Å²) in [7, 11) is 2.04. The van der Waals surface area contributed by atoms with Crippen LogP contribution in [0.1, 0.15) is 19.8 Å². The molecule has 1 rings (SSSR count). The van der Waals surface area contributed by atoms with Crippen LogP contribution in [-0.2, 0) is 0 Å². The molecule has 1 unspecified atom stereocenters. The molecule has 0 bridgehead atoms. The fourth-order valence-electron chi connectivity index (χ4n) is 1.87. The van der Waals surface area contributed by atoms with Crippen molar-refractivity contribution in [3.63, 3.8) is 0 Å². The zero-order valence-electron chi connectivity index (χ0n) is 8.40. The van der Waals surface area contributed by atoms with E-state index in [0.717, 1.165) is 25.9 Å². The molecule has 1 atom stereocenters. The lowest BCUT2D eigenvalue weighted by atomic mass is 9.82. The fourth-order valence-corrected chi connectivity index (χ4v) is 1.87. The Morgan fingerprint density at radius 1 is 1.62 bits per heavy atom. The summed E-state index contributed by atoms with van der Waals surface area (Å²) in [4.78, 5) is 2.18. The molecule has 1 saturated carbocycles. The van der Waals surface area contributed by atoms with Crippen molar-refractivity contribution in [3.8, 4) is 6.07 Å². The molecule has 0 aromatic rings. The van der Waals surface area contributed by atoms with Gasteiger partial charge < -0.3 is 10.0 Å². The molecule has 0 spiro atoms. The van der Waals surface area contributed by atoms with Crippen molar-refractivity contribution in [3.05, 3.63) is 0 Å². The summed E-state index contributed by atoms with van der Waals surface area (Å²) in [6.07, 6.45) is 1.81. The molecule has 0 heterocycles. The number of aliphatic hydroxyl groups excluding tert-OH is 1. The van der Waals surface area contributed by atoms with Crippen molar-refractivity contribution in [2.24, 2.45) is 11.8 Å². The molecule has 74 valence electrons. The quantitative estimate of drug-likeness (QED) is 0.701. The number of nitrogens with zero attached hydrogens (tertiary/aromatic N) is 2. The van der Waals surface area contributed by atoms with Crippen LogP contribution in [0.4, 0.5) is 0 Å². The molecule has 0 aromatic heterocycles. The van der Waals surface area contributed by atoms with Crippen LogP contribution >= 0.6 is 0 Å². The normalized spacial score (nSPS) is 29.5. The van der Waals surface area contributed by atoms with E-state index in [1.54, 1.807) is 0 Å². The highest BCUT2D eigenvalue weighted by molar-refractivity contribution is 4.84. The van der Waals surface area contributed by atoms with E-state index in [1.807, 2.05) is 14.0 Å². The zero-order chi connectivity index (χ0) is 9.84. The minimum Gasteiger partial charge on any atom is -0.393 e. The van der Waals surface area contributed by atoms with E-state index in [0.29, 0.717) is 5.92 Å². The maximum Gasteiger partial charge on any atom is 0.0666 e. The van der Waals surface area contributed by atoms with Gasteiger partial charge in [0, 0.05) is 13.1 Å². The van der Waals surface area contributed by atoms with Crippen LogP contribution in [0, 0.1) is 23.2 Å². The van der Waals surface area contributed by atoms with Crippen LogP contribution in [0.5, 0.6) is 0 Å². The van der Waals surface area contributed by atoms with Gasteiger partial charge in [0.1, 0.15) is 0 Å². The highest BCUT2D eigenvalue weighted by Gasteiger charge is 2.27. The third kappa shape index (κ3) is 3.33. The Labute approximate surface area is 80.0 Å². The second-order valence-electron chi connectivity index (χ2n) is 4.24. The number of rotatable bonds is 4. The Morgan fingerprint density at radius 3 is 2.69 bits per heavy atom. The number of nitriles is 1. The van der Waals surface area contributed by atoms with Crippen molar-refractivity contribution in [1.82, 2.24) is 4.90 Å². The lowest BCUT2D eigenvalue weighted by molar-refractivity contribution is 0.0275. The predicted octanol–water partition coefficient (Wildman–Crippen LogP) is 0.849. The first-order valence-corrected chi connectivity index (χ1v) is 4.88. The van der Waals surface area contributed by atoms with Gasteiger partial charge in [0.2, 0.25) is 0 Å². The molecule has 1 fully saturated rings. The van der Waals surface area contributed by atoms with Crippen LogP contribution < -0.4 is 0 Å². The summed E-state index contributed by atoms with van der Waals surface area (Å²) in [5.74, 6) is 0.751. The molecule has 13 heavy (non-hydrogen) atoms. The van der Waals surface area contributed by atoms with E-state index in [1.165, 1.54) is 0 Å². The summed E-state index contributed by atoms with van der Waals surface area (Å²) < 4.78 is 0. The van der Waals surface area contributed by atoms with Gasteiger partial charge >= 0.3 is 0 Å². The van der Waals surface area contributed by atoms with Crippen LogP contribution in [0.3, 0.4) is 0 Å². The van der Waals surface area contributed by atoms with Crippen molar-refractivity contribution in [2.45, 2.75) is 25.9 Å². The molecular weight excluding hydrogens is 164 g/mol. The molecule has 0 radical (unpaired) electrons. The molecule has 1 aliphatic rings. The Bertz CT molecular complexity index is 194. The third-order valence-corrected chi connectivity index (χ3v) is 2.59. The predicted molar refractivity (Wildman–Crippen MR) is 51.0 cm³/mol. The monoisotopic (exact) mass is 182 g/mol. The summed E-state index contributed by atoms with van der Waals surface area (Å²) in [5.41, 5.74) is 0. The van der Waals surface area contributed by atoms with E-state index < -0.39 is 0 Å². The minimum absolute atomic E-state index is 0.0632. The summed E-state index contributed by atoms with van der Waals surface area (Å²) >= 11 is 0. The molecule has 0 saturated heterocycles. The lowest BCUT2D eigenvalue weighted by Gasteiger charge is -2.34. The highest BCUT2D eigenvalue weighted by atomic mass is 16.3. The zero-order valence-corrected chi connectivity index (χ0v) is 8.40. The number of hydrogen-bond acceptors (Lipinski definition) is 3. The summed E-state index contributed by atoms with van der Waals surface area (Å²) in [6.45, 7) is 3.79. The average molecular weight is 182 g/mol. The van der Waals surface area contributed by atoms with Gasteiger partial charge in [-0.1, -0.05) is 0 Å². The van der Waals surface area contributed by atoms with Crippen molar-refractivity contribution in [2.75, 3.05) is 20.1 Å². The second kappa shape index (κ2) is 4.59. The van der Waals surface area contributed by atoms with Crippen molar-refractivity contribution in [1.29, 1.82) is 5.26 Å². The number of hydrogen-bond donors (Lipinski definition) is 1. The Hall–Kier alpha value is -0.590. The Balaban J connectivity index is 2.11. The van der Waals surface area contributed by atoms with E-state index in [-0.39, 0.29) is 12.0 Å². The molecular formula is C10H18N2O. The third-order valence-electron chi connectivity index (χ3n) is 2.59. The van der Waals surface area contributed by atoms with Gasteiger partial charge in [0.05, 0.1) is 18.1 Å². The number of aliphatic hydroxyl groups is 1. The molecule has 1 N–H and O–H groups in total. The standard InChI is InChI=1S/C10H18N2O/c1-8(5-11)6-12(2)7-9-3-10(13)4-9/h8-10,13H,3-4,6-7H2,1-2H3. The Morgan fingerprint density at radius 2 is 2.23 bits per heavy atom. The summed E-state index contributed by atoms with van der Waals surface area (Å²) in [6, 6.07) is 2.22. The van der Waals surface area contributed by atoms with Crippen LogP contribution in [0.25, 0.3) is 0 Å². The van der Waals surface area contributed by atoms with Crippen LogP contribution in [0.15, 0.2) is 0 Å². The molecule has 1 aliphatic carbocycles. The Kier molecular flexibility index (Phi) is 3.71. The van der Waals surface area contributed by atoms with E-state index in [2.05, 4.69) is 11.0 Å². The van der Waals surface area contributed by atoms with Crippen molar-refractivity contribution >= 4 is 0 Å². The topological polar surface area (TPSA) is 47.3 Å². The maximum absolute atomic E-state index is 9.09. The summed E-state index contributed by atoms with van der Waals surface area (Å²) in [5, 5.41) is 17.7. The second-order valence-corrected chi connectivity index (χ2v) is 4.24. The smallest absolute Gasteiger partial charge is 0.0666 e. The lowest BCUT2D eigenvalue weighted by Crippen LogP contribution is -2.38. The van der Waals surface area contributed by atoms with Gasteiger partial charge in [-0.05, 0) is 32.7 Å². The minimum atomic E-state index is -0.0632. The van der Waals surface area contributed by atoms with Gasteiger partial charge in [-0.3, -0.25) is 0 Å². The maximum atomic E-state index is 9.09. The van der Waals surface area contributed by atoms with Crippen molar-refractivity contribution < 1.29 is 5.11 Å². The van der Waals surface area contributed by atoms with Gasteiger partial charge in [-0.25, -0.2) is 0 Å². The van der Waals surface area contributed by atoms with Gasteiger partial charge in [-0.15, -0.1) is 0 Å². The molecule has 3 heteroatoms. The fraction of sp³-hybridized carbons (Fsp3) is 0.900. The molecule has 3 nitrogen and oxygen atoms in total. The first-order valence-electron chi connectivity index (χ1n) is 4.88. The molecule has 0 aromatic carbocycles. The van der Waals surface area contributed by atoms with Gasteiger partial charge in [-0.2, -0.15) is 5.26 Å². The van der Waals surface area contributed by atoms with E-state index >= 15 is 0 Å². The largest absolute Gasteiger partial charge is 0.393 e. The van der Waals surface area contributed by atoms with Crippen LogP contribution in [-0.4, -0.2) is 36.2 Å². The average Bonchev–Trinajstić information content (AvgIpc) is 2.01. The molecule has 0 amide bonds. The first kappa shape index (κ1) is 10.5. The van der Waals surface area contributed by atoms with E-state index in [4.69, 9.17) is 10.4 Å². The van der Waals surface area contributed by atoms with Gasteiger partial charge in [0.25, 0.3) is 0 Å². The SMILES string of the molecule is CC(C#N)CN(C)CC1CC(O)C1. The highest BCUT2D eigenvalue weighted by Crippen LogP contribution is 2.27. The first-order chi connectivity index (χ1) is 6.11. The molecule has 0 aliphatic heterocycles. The van der Waals surface area contributed by atoms with E-state index in [9.17, 15) is 0 Å².